The van der Waals surface area contributed by atoms with Crippen molar-refractivity contribution in [3.05, 3.63) is 65.2 Å². The van der Waals surface area contributed by atoms with Gasteiger partial charge in [0.1, 0.15) is 12.4 Å². The first-order chi connectivity index (χ1) is 15.8. The van der Waals surface area contributed by atoms with Gasteiger partial charge in [0.2, 0.25) is 0 Å². The molecule has 3 rings (SSSR count). The molecule has 1 aliphatic heterocycles. The third kappa shape index (κ3) is 7.07. The van der Waals surface area contributed by atoms with Crippen LogP contribution in [-0.4, -0.2) is 42.3 Å². The molecule has 0 saturated carbocycles. The van der Waals surface area contributed by atoms with E-state index in [0.29, 0.717) is 44.7 Å². The molecule has 0 aromatic heterocycles. The van der Waals surface area contributed by atoms with Gasteiger partial charge in [-0.15, -0.1) is 0 Å². The second kappa shape index (κ2) is 11.0. The predicted molar refractivity (Wildman–Crippen MR) is 129 cm³/mol. The summed E-state index contributed by atoms with van der Waals surface area (Å²) in [5.41, 5.74) is 6.36. The minimum atomic E-state index is -0.299. The molecule has 1 fully saturated rings. The van der Waals surface area contributed by atoms with Gasteiger partial charge in [-0.05, 0) is 47.7 Å². The first-order valence-corrected chi connectivity index (χ1v) is 11.4. The maximum absolute atomic E-state index is 12.4. The number of likely N-dealkylation sites (tertiary alicyclic amines) is 1. The summed E-state index contributed by atoms with van der Waals surface area (Å²) < 4.78 is 10.9. The van der Waals surface area contributed by atoms with Crippen molar-refractivity contribution >= 4 is 17.7 Å². The lowest BCUT2D eigenvalue weighted by Gasteiger charge is -2.26. The summed E-state index contributed by atoms with van der Waals surface area (Å²) >= 11 is 0. The van der Waals surface area contributed by atoms with Gasteiger partial charge in [0, 0.05) is 37.2 Å². The molecule has 7 heteroatoms. The molecule has 176 valence electrons. The number of carbonyl (C=O) groups excluding carboxylic acids is 2. The number of hydrogen-bond donors (Lipinski definition) is 1. The third-order valence-electron chi connectivity index (χ3n) is 5.52. The summed E-state index contributed by atoms with van der Waals surface area (Å²) in [4.78, 5) is 25.8. The van der Waals surface area contributed by atoms with Crippen LogP contribution < -0.4 is 10.2 Å². The Kier molecular flexibility index (Phi) is 8.09. The molecule has 0 atom stereocenters. The molecule has 2 amide bonds. The highest BCUT2D eigenvalue weighted by Crippen LogP contribution is 2.24. The highest BCUT2D eigenvalue weighted by molar-refractivity contribution is 5.95. The lowest BCUT2D eigenvalue weighted by Crippen LogP contribution is -2.39. The van der Waals surface area contributed by atoms with Gasteiger partial charge < -0.3 is 14.4 Å². The number of carbonyl (C=O) groups is 2. The summed E-state index contributed by atoms with van der Waals surface area (Å²) in [7, 11) is 0. The van der Waals surface area contributed by atoms with Gasteiger partial charge in [-0.2, -0.15) is 5.10 Å². The fraction of sp³-hybridized carbons (Fsp3) is 0.423. The van der Waals surface area contributed by atoms with Gasteiger partial charge in [-0.1, -0.05) is 45.0 Å². The number of hydrogen-bond acceptors (Lipinski definition) is 5. The van der Waals surface area contributed by atoms with Crippen LogP contribution in [0.15, 0.2) is 53.6 Å². The van der Waals surface area contributed by atoms with E-state index in [9.17, 15) is 9.59 Å². The summed E-state index contributed by atoms with van der Waals surface area (Å²) in [5, 5.41) is 4.24. The summed E-state index contributed by atoms with van der Waals surface area (Å²) in [5.74, 6) is 0.551. The number of nitrogens with zero attached hydrogens (tertiary/aromatic N) is 2. The zero-order chi connectivity index (χ0) is 23.8. The van der Waals surface area contributed by atoms with E-state index >= 15 is 0 Å². The van der Waals surface area contributed by atoms with Crippen molar-refractivity contribution < 1.29 is 19.1 Å². The van der Waals surface area contributed by atoms with Crippen molar-refractivity contribution in [1.29, 1.82) is 0 Å². The van der Waals surface area contributed by atoms with E-state index in [1.165, 1.54) is 5.56 Å². The Bertz CT molecular complexity index is 966. The van der Waals surface area contributed by atoms with Crippen LogP contribution in [0.1, 0.15) is 62.0 Å². The maximum atomic E-state index is 12.4. The van der Waals surface area contributed by atoms with Crippen molar-refractivity contribution in [2.45, 2.75) is 52.6 Å². The molecule has 0 aliphatic carbocycles. The molecule has 0 bridgehead atoms. The van der Waals surface area contributed by atoms with E-state index in [1.807, 2.05) is 24.3 Å². The number of benzene rings is 2. The molecule has 0 unspecified atom stereocenters. The number of nitrogens with one attached hydrogen (secondary N) is 1. The van der Waals surface area contributed by atoms with Gasteiger partial charge in [-0.3, -0.25) is 4.79 Å². The van der Waals surface area contributed by atoms with Crippen LogP contribution in [0.25, 0.3) is 0 Å². The van der Waals surface area contributed by atoms with Crippen LogP contribution in [0.5, 0.6) is 5.75 Å². The molecule has 2 aromatic carbocycles. The molecule has 7 nitrogen and oxygen atoms in total. The van der Waals surface area contributed by atoms with Crippen molar-refractivity contribution in [1.82, 2.24) is 10.3 Å². The average molecular weight is 452 g/mol. The van der Waals surface area contributed by atoms with E-state index in [4.69, 9.17) is 9.47 Å². The highest BCUT2D eigenvalue weighted by atomic mass is 16.6. The maximum Gasteiger partial charge on any atom is 0.409 e. The molecule has 1 saturated heterocycles. The minimum Gasteiger partial charge on any atom is -0.489 e. The van der Waals surface area contributed by atoms with Crippen molar-refractivity contribution in [3.8, 4) is 5.75 Å². The summed E-state index contributed by atoms with van der Waals surface area (Å²) in [6, 6.07) is 15.4. The van der Waals surface area contributed by atoms with Crippen LogP contribution >= 0.6 is 0 Å². The van der Waals surface area contributed by atoms with Gasteiger partial charge in [0.25, 0.3) is 5.91 Å². The van der Waals surface area contributed by atoms with Crippen LogP contribution in [0, 0.1) is 0 Å². The quantitative estimate of drug-likeness (QED) is 0.634. The van der Waals surface area contributed by atoms with E-state index < -0.39 is 0 Å². The topological polar surface area (TPSA) is 80.2 Å². The molecule has 33 heavy (non-hydrogen) atoms. The fourth-order valence-corrected chi connectivity index (χ4v) is 3.44. The van der Waals surface area contributed by atoms with Crippen LogP contribution in [0.3, 0.4) is 0 Å². The zero-order valence-electron chi connectivity index (χ0n) is 19.9. The second-order valence-electron chi connectivity index (χ2n) is 9.06. The monoisotopic (exact) mass is 451 g/mol. The minimum absolute atomic E-state index is 0.111. The normalized spacial score (nSPS) is 13.9. The Balaban J connectivity index is 1.46. The van der Waals surface area contributed by atoms with E-state index in [1.54, 1.807) is 24.0 Å². The number of amides is 2. The average Bonchev–Trinajstić information content (AvgIpc) is 2.82. The molecular formula is C26H33N3O4. The standard InChI is InChI=1S/C26H33N3O4/c1-5-32-25(31)29-16-14-22(15-17-29)27-28-24(30)20-8-6-19(7-9-20)18-33-23-12-10-21(11-13-23)26(2,3)4/h6-13H,5,14-18H2,1-4H3,(H,28,30). The SMILES string of the molecule is CCOC(=O)N1CCC(=NNC(=O)c2ccc(COc3ccc(C(C)(C)C)cc3)cc2)CC1. The highest BCUT2D eigenvalue weighted by Gasteiger charge is 2.21. The van der Waals surface area contributed by atoms with Crippen molar-refractivity contribution in [2.75, 3.05) is 19.7 Å². The number of ether oxygens (including phenoxy) is 2. The smallest absolute Gasteiger partial charge is 0.409 e. The molecule has 1 aliphatic rings. The van der Waals surface area contributed by atoms with Crippen molar-refractivity contribution in [2.24, 2.45) is 5.10 Å². The van der Waals surface area contributed by atoms with Crippen molar-refractivity contribution in [3.63, 3.8) is 0 Å². The lowest BCUT2D eigenvalue weighted by atomic mass is 9.87. The lowest BCUT2D eigenvalue weighted by molar-refractivity contribution is 0.0951. The zero-order valence-corrected chi connectivity index (χ0v) is 19.9. The first kappa shape index (κ1) is 24.3. The molecule has 0 spiro atoms. The molecular weight excluding hydrogens is 418 g/mol. The Morgan fingerprint density at radius 3 is 2.21 bits per heavy atom. The summed E-state index contributed by atoms with van der Waals surface area (Å²) in [6.45, 7) is 10.2. The van der Waals surface area contributed by atoms with Gasteiger partial charge in [-0.25, -0.2) is 10.2 Å². The Hall–Kier alpha value is -3.35. The number of rotatable bonds is 6. The molecule has 1 heterocycles. The van der Waals surface area contributed by atoms with E-state index in [0.717, 1.165) is 17.0 Å². The second-order valence-corrected chi connectivity index (χ2v) is 9.06. The van der Waals surface area contributed by atoms with Gasteiger partial charge >= 0.3 is 6.09 Å². The van der Waals surface area contributed by atoms with Gasteiger partial charge in [0.05, 0.1) is 6.61 Å². The van der Waals surface area contributed by atoms with Crippen LogP contribution in [0.4, 0.5) is 4.79 Å². The Morgan fingerprint density at radius 1 is 1.00 bits per heavy atom. The van der Waals surface area contributed by atoms with Crippen LogP contribution in [-0.2, 0) is 16.8 Å². The molecule has 0 radical (unpaired) electrons. The molecule has 1 N–H and O–H groups in total. The Labute approximate surface area is 195 Å². The Morgan fingerprint density at radius 2 is 1.64 bits per heavy atom. The van der Waals surface area contributed by atoms with E-state index in [-0.39, 0.29) is 17.4 Å². The van der Waals surface area contributed by atoms with Crippen LogP contribution in [0.2, 0.25) is 0 Å². The number of hydrazone groups is 1. The summed E-state index contributed by atoms with van der Waals surface area (Å²) in [6.07, 6.45) is 0.935. The van der Waals surface area contributed by atoms with E-state index in [2.05, 4.69) is 43.4 Å². The largest absolute Gasteiger partial charge is 0.489 e. The fourth-order valence-electron chi connectivity index (χ4n) is 3.44. The predicted octanol–water partition coefficient (Wildman–Crippen LogP) is 4.90. The third-order valence-corrected chi connectivity index (χ3v) is 5.52. The van der Waals surface area contributed by atoms with Gasteiger partial charge in [0.15, 0.2) is 0 Å². The molecule has 2 aromatic rings. The first-order valence-electron chi connectivity index (χ1n) is 11.4. The number of piperidine rings is 1.